The Balaban J connectivity index is 1.77. The first kappa shape index (κ1) is 13.0. The fourth-order valence-electron chi connectivity index (χ4n) is 2.10. The molecule has 3 rings (SSSR count). The molecule has 3 aromatic rings. The minimum atomic E-state index is 0.683. The number of benzene rings is 2. The van der Waals surface area contributed by atoms with E-state index in [0.29, 0.717) is 5.89 Å². The van der Waals surface area contributed by atoms with Gasteiger partial charge in [-0.2, -0.15) is 0 Å². The van der Waals surface area contributed by atoms with Gasteiger partial charge < -0.3 is 9.73 Å². The lowest BCUT2D eigenvalue weighted by Crippen LogP contribution is -1.99. The molecule has 0 atom stereocenters. The van der Waals surface area contributed by atoms with Crippen molar-refractivity contribution in [2.75, 3.05) is 5.32 Å². The van der Waals surface area contributed by atoms with Crippen LogP contribution in [-0.2, 0) is 6.54 Å². The second-order valence-corrected chi connectivity index (χ2v) is 5.26. The van der Waals surface area contributed by atoms with Gasteiger partial charge in [-0.25, -0.2) is 4.98 Å². The zero-order valence-electron chi connectivity index (χ0n) is 11.4. The van der Waals surface area contributed by atoms with E-state index in [4.69, 9.17) is 16.0 Å². The molecule has 0 aliphatic heterocycles. The van der Waals surface area contributed by atoms with Crippen LogP contribution in [0.1, 0.15) is 17.0 Å². The van der Waals surface area contributed by atoms with E-state index in [9.17, 15) is 0 Å². The first-order valence-corrected chi connectivity index (χ1v) is 6.86. The quantitative estimate of drug-likeness (QED) is 0.758. The van der Waals surface area contributed by atoms with E-state index < -0.39 is 0 Å². The summed E-state index contributed by atoms with van der Waals surface area (Å²) in [5.74, 6) is 0.683. The summed E-state index contributed by atoms with van der Waals surface area (Å²) in [5, 5.41) is 4.17. The lowest BCUT2D eigenvalue weighted by atomic mass is 10.1. The number of rotatable bonds is 3. The van der Waals surface area contributed by atoms with Crippen molar-refractivity contribution in [1.82, 2.24) is 4.98 Å². The average Bonchev–Trinajstić information content (AvgIpc) is 2.79. The van der Waals surface area contributed by atoms with E-state index in [0.717, 1.165) is 39.5 Å². The summed E-state index contributed by atoms with van der Waals surface area (Å²) in [6.07, 6.45) is 0. The number of aromatic nitrogens is 1. The first-order chi connectivity index (χ1) is 9.61. The van der Waals surface area contributed by atoms with Crippen molar-refractivity contribution >= 4 is 28.4 Å². The predicted molar refractivity (Wildman–Crippen MR) is 82.3 cm³/mol. The molecule has 2 aromatic carbocycles. The summed E-state index contributed by atoms with van der Waals surface area (Å²) in [6.45, 7) is 4.57. The Kier molecular flexibility index (Phi) is 3.36. The summed E-state index contributed by atoms with van der Waals surface area (Å²) < 4.78 is 5.46. The molecule has 1 N–H and O–H groups in total. The smallest absolute Gasteiger partial charge is 0.192 e. The van der Waals surface area contributed by atoms with Crippen LogP contribution in [0.15, 0.2) is 40.8 Å². The Hall–Kier alpha value is -2.00. The molecule has 1 heterocycles. The number of hydrogen-bond donors (Lipinski definition) is 1. The molecular formula is C16H15ClN2O. The van der Waals surface area contributed by atoms with Crippen LogP contribution < -0.4 is 5.32 Å². The number of nitrogens with one attached hydrogen (secondary N) is 1. The highest BCUT2D eigenvalue weighted by Gasteiger charge is 2.03. The van der Waals surface area contributed by atoms with Crippen molar-refractivity contribution in [2.24, 2.45) is 0 Å². The Morgan fingerprint density at radius 2 is 2.00 bits per heavy atom. The van der Waals surface area contributed by atoms with Crippen molar-refractivity contribution in [1.29, 1.82) is 0 Å². The van der Waals surface area contributed by atoms with Gasteiger partial charge >= 0.3 is 0 Å². The highest BCUT2D eigenvalue weighted by Crippen LogP contribution is 2.21. The van der Waals surface area contributed by atoms with Gasteiger partial charge in [0.2, 0.25) is 0 Å². The van der Waals surface area contributed by atoms with Crippen LogP contribution in [0.3, 0.4) is 0 Å². The second-order valence-electron chi connectivity index (χ2n) is 4.85. The molecular weight excluding hydrogens is 272 g/mol. The minimum Gasteiger partial charge on any atom is -0.441 e. The molecule has 0 radical (unpaired) electrons. The summed E-state index contributed by atoms with van der Waals surface area (Å²) in [5.41, 5.74) is 4.94. The van der Waals surface area contributed by atoms with E-state index in [1.165, 1.54) is 0 Å². The van der Waals surface area contributed by atoms with Crippen LogP contribution in [0.2, 0.25) is 5.02 Å². The summed E-state index contributed by atoms with van der Waals surface area (Å²) >= 11 is 6.13. The molecule has 0 spiro atoms. The highest BCUT2D eigenvalue weighted by molar-refractivity contribution is 6.31. The maximum atomic E-state index is 6.13. The summed E-state index contributed by atoms with van der Waals surface area (Å²) in [7, 11) is 0. The number of hydrogen-bond acceptors (Lipinski definition) is 3. The molecule has 0 saturated carbocycles. The molecule has 20 heavy (non-hydrogen) atoms. The van der Waals surface area contributed by atoms with E-state index in [2.05, 4.69) is 16.4 Å². The largest absolute Gasteiger partial charge is 0.441 e. The molecule has 0 amide bonds. The van der Waals surface area contributed by atoms with Crippen LogP contribution >= 0.6 is 11.6 Å². The average molecular weight is 287 g/mol. The van der Waals surface area contributed by atoms with E-state index in [1.54, 1.807) is 0 Å². The van der Waals surface area contributed by atoms with E-state index in [-0.39, 0.29) is 0 Å². The summed E-state index contributed by atoms with van der Waals surface area (Å²) in [6, 6.07) is 12.0. The molecule has 0 aliphatic rings. The molecule has 0 saturated heterocycles. The van der Waals surface area contributed by atoms with Gasteiger partial charge in [0, 0.05) is 24.2 Å². The maximum absolute atomic E-state index is 6.13. The van der Waals surface area contributed by atoms with Crippen molar-refractivity contribution in [3.8, 4) is 0 Å². The van der Waals surface area contributed by atoms with Gasteiger partial charge in [-0.05, 0) is 42.3 Å². The number of anilines is 1. The van der Waals surface area contributed by atoms with Crippen molar-refractivity contribution in [2.45, 2.75) is 20.4 Å². The molecule has 0 unspecified atom stereocenters. The predicted octanol–water partition coefficient (Wildman–Crippen LogP) is 4.71. The van der Waals surface area contributed by atoms with Gasteiger partial charge in [0.1, 0.15) is 5.52 Å². The third kappa shape index (κ3) is 2.63. The van der Waals surface area contributed by atoms with Crippen LogP contribution in [-0.4, -0.2) is 4.98 Å². The van der Waals surface area contributed by atoms with Gasteiger partial charge in [-0.15, -0.1) is 0 Å². The lowest BCUT2D eigenvalue weighted by molar-refractivity contribution is 0.561. The SMILES string of the molecule is Cc1nc2cc(NCc3ccc(C)c(Cl)c3)ccc2o1. The number of oxazole rings is 1. The zero-order valence-corrected chi connectivity index (χ0v) is 12.2. The normalized spacial score (nSPS) is 10.9. The topological polar surface area (TPSA) is 38.1 Å². The zero-order chi connectivity index (χ0) is 14.1. The van der Waals surface area contributed by atoms with Crippen molar-refractivity contribution < 1.29 is 4.42 Å². The monoisotopic (exact) mass is 286 g/mol. The molecule has 0 aliphatic carbocycles. The molecule has 102 valence electrons. The van der Waals surface area contributed by atoms with Crippen LogP contribution in [0.5, 0.6) is 0 Å². The standard InChI is InChI=1S/C16H15ClN2O/c1-10-3-4-12(7-14(10)17)9-18-13-5-6-16-15(8-13)19-11(2)20-16/h3-8,18H,9H2,1-2H3. The minimum absolute atomic E-state index is 0.683. The number of halogens is 1. The number of fused-ring (bicyclic) bond motifs is 1. The number of nitrogens with zero attached hydrogens (tertiary/aromatic N) is 1. The van der Waals surface area contributed by atoms with Crippen LogP contribution in [0, 0.1) is 13.8 Å². The van der Waals surface area contributed by atoms with Gasteiger partial charge in [-0.3, -0.25) is 0 Å². The number of aryl methyl sites for hydroxylation is 2. The van der Waals surface area contributed by atoms with Crippen molar-refractivity contribution in [3.05, 3.63) is 58.4 Å². The summed E-state index contributed by atoms with van der Waals surface area (Å²) in [4.78, 5) is 4.33. The Morgan fingerprint density at radius 3 is 2.80 bits per heavy atom. The van der Waals surface area contributed by atoms with Crippen LogP contribution in [0.4, 0.5) is 5.69 Å². The Morgan fingerprint density at radius 1 is 1.15 bits per heavy atom. The highest BCUT2D eigenvalue weighted by atomic mass is 35.5. The van der Waals surface area contributed by atoms with Crippen LogP contribution in [0.25, 0.3) is 11.1 Å². The van der Waals surface area contributed by atoms with Gasteiger partial charge in [-0.1, -0.05) is 23.7 Å². The third-order valence-electron chi connectivity index (χ3n) is 3.23. The fourth-order valence-corrected chi connectivity index (χ4v) is 2.31. The van der Waals surface area contributed by atoms with Gasteiger partial charge in [0.25, 0.3) is 0 Å². The third-order valence-corrected chi connectivity index (χ3v) is 3.63. The van der Waals surface area contributed by atoms with Gasteiger partial charge in [0.15, 0.2) is 11.5 Å². The van der Waals surface area contributed by atoms with Crippen molar-refractivity contribution in [3.63, 3.8) is 0 Å². The second kappa shape index (κ2) is 5.17. The molecule has 1 aromatic heterocycles. The first-order valence-electron chi connectivity index (χ1n) is 6.48. The molecule has 0 fully saturated rings. The fraction of sp³-hybridized carbons (Fsp3) is 0.188. The van der Waals surface area contributed by atoms with E-state index >= 15 is 0 Å². The molecule has 4 heteroatoms. The lowest BCUT2D eigenvalue weighted by Gasteiger charge is -2.07. The van der Waals surface area contributed by atoms with Gasteiger partial charge in [0.05, 0.1) is 0 Å². The molecule has 3 nitrogen and oxygen atoms in total. The maximum Gasteiger partial charge on any atom is 0.192 e. The van der Waals surface area contributed by atoms with E-state index in [1.807, 2.05) is 44.2 Å². The molecule has 0 bridgehead atoms. The Labute approximate surface area is 122 Å². The Bertz CT molecular complexity index is 764.